The number of allylic oxidation sites excluding steroid dienone is 1. The molecule has 0 heterocycles. The third kappa shape index (κ3) is 3.62. The molecule has 1 rings (SSSR count). The Hall–Kier alpha value is -1.48. The zero-order valence-corrected chi connectivity index (χ0v) is 7.96. The van der Waals surface area contributed by atoms with Crippen LogP contribution in [0.25, 0.3) is 6.08 Å². The van der Waals surface area contributed by atoms with E-state index in [9.17, 15) is 0 Å². The molecule has 0 aliphatic heterocycles. The minimum absolute atomic E-state index is 0.829. The average molecular weight is 170 g/mol. The summed E-state index contributed by atoms with van der Waals surface area (Å²) < 4.78 is 0. The Morgan fingerprint density at radius 2 is 2.08 bits per heavy atom. The summed E-state index contributed by atoms with van der Waals surface area (Å²) in [7, 11) is 0. The molecule has 0 fully saturated rings. The molecular formula is C13H14. The second-order valence-corrected chi connectivity index (χ2v) is 3.11. The van der Waals surface area contributed by atoms with Gasteiger partial charge in [0.1, 0.15) is 0 Å². The van der Waals surface area contributed by atoms with Gasteiger partial charge in [-0.1, -0.05) is 42.0 Å². The van der Waals surface area contributed by atoms with E-state index in [4.69, 9.17) is 6.42 Å². The quantitative estimate of drug-likeness (QED) is 0.609. The topological polar surface area (TPSA) is 0 Å². The third-order valence-corrected chi connectivity index (χ3v) is 1.88. The molecule has 0 heteroatoms. The Morgan fingerprint density at radius 1 is 1.38 bits per heavy atom. The lowest BCUT2D eigenvalue weighted by Crippen LogP contribution is -1.77. The largest absolute Gasteiger partial charge is 0.120 e. The number of benzene rings is 1. The van der Waals surface area contributed by atoms with Crippen molar-refractivity contribution in [3.63, 3.8) is 0 Å². The molecule has 0 amide bonds. The first-order valence-electron chi connectivity index (χ1n) is 4.48. The van der Waals surface area contributed by atoms with Crippen LogP contribution in [0.5, 0.6) is 0 Å². The standard InChI is InChI=1S/C13H14/c1-3-4-8-12(2)11-13-9-6-5-7-10-13/h1,5-7,9-11H,4,8H2,2H3/b12-11+. The molecule has 0 spiro atoms. The Bertz CT molecular complexity index is 312. The van der Waals surface area contributed by atoms with Gasteiger partial charge in [0.25, 0.3) is 0 Å². The van der Waals surface area contributed by atoms with E-state index < -0.39 is 0 Å². The Balaban J connectivity index is 2.61. The van der Waals surface area contributed by atoms with Gasteiger partial charge in [-0.15, -0.1) is 12.3 Å². The van der Waals surface area contributed by atoms with Gasteiger partial charge in [0.2, 0.25) is 0 Å². The van der Waals surface area contributed by atoms with Gasteiger partial charge < -0.3 is 0 Å². The van der Waals surface area contributed by atoms with Gasteiger partial charge in [-0.3, -0.25) is 0 Å². The number of terminal acetylenes is 1. The molecule has 0 aliphatic rings. The number of rotatable bonds is 3. The maximum absolute atomic E-state index is 5.19. The Morgan fingerprint density at radius 3 is 2.69 bits per heavy atom. The van der Waals surface area contributed by atoms with E-state index in [0.29, 0.717) is 0 Å². The first-order valence-corrected chi connectivity index (χ1v) is 4.48. The van der Waals surface area contributed by atoms with Gasteiger partial charge in [-0.05, 0) is 18.9 Å². The van der Waals surface area contributed by atoms with Gasteiger partial charge in [0, 0.05) is 6.42 Å². The van der Waals surface area contributed by atoms with Gasteiger partial charge in [0.15, 0.2) is 0 Å². The molecule has 0 saturated heterocycles. The Kier molecular flexibility index (Phi) is 3.85. The molecule has 13 heavy (non-hydrogen) atoms. The van der Waals surface area contributed by atoms with Crippen LogP contribution in [0.4, 0.5) is 0 Å². The SMILES string of the molecule is C#CCC/C(C)=C/c1ccccc1. The highest BCUT2D eigenvalue weighted by Crippen LogP contribution is 2.09. The summed E-state index contributed by atoms with van der Waals surface area (Å²) in [6, 6.07) is 10.3. The molecule has 0 nitrogen and oxygen atoms in total. The fraction of sp³-hybridized carbons (Fsp3) is 0.231. The molecule has 0 unspecified atom stereocenters. The van der Waals surface area contributed by atoms with Crippen LogP contribution in [0.15, 0.2) is 35.9 Å². The molecule has 0 aliphatic carbocycles. The van der Waals surface area contributed by atoms with Crippen LogP contribution in [0.2, 0.25) is 0 Å². The second-order valence-electron chi connectivity index (χ2n) is 3.11. The van der Waals surface area contributed by atoms with E-state index >= 15 is 0 Å². The van der Waals surface area contributed by atoms with Crippen molar-refractivity contribution in [1.29, 1.82) is 0 Å². The van der Waals surface area contributed by atoms with Crippen LogP contribution in [-0.4, -0.2) is 0 Å². The summed E-state index contributed by atoms with van der Waals surface area (Å²) in [6.07, 6.45) is 9.19. The number of hydrogen-bond donors (Lipinski definition) is 0. The van der Waals surface area contributed by atoms with Gasteiger partial charge in [-0.25, -0.2) is 0 Å². The van der Waals surface area contributed by atoms with E-state index in [1.165, 1.54) is 11.1 Å². The zero-order valence-electron chi connectivity index (χ0n) is 7.96. The maximum atomic E-state index is 5.19. The molecule has 0 N–H and O–H groups in total. The highest BCUT2D eigenvalue weighted by atomic mass is 13.9. The lowest BCUT2D eigenvalue weighted by atomic mass is 10.1. The smallest absolute Gasteiger partial charge is 0.0123 e. The van der Waals surface area contributed by atoms with E-state index in [0.717, 1.165) is 12.8 Å². The average Bonchev–Trinajstić information content (AvgIpc) is 2.16. The van der Waals surface area contributed by atoms with Crippen LogP contribution >= 0.6 is 0 Å². The molecular weight excluding hydrogens is 156 g/mol. The summed E-state index contributed by atoms with van der Waals surface area (Å²) in [6.45, 7) is 2.12. The minimum atomic E-state index is 0.829. The maximum Gasteiger partial charge on any atom is 0.0123 e. The van der Waals surface area contributed by atoms with Crippen molar-refractivity contribution in [1.82, 2.24) is 0 Å². The van der Waals surface area contributed by atoms with E-state index in [1.807, 2.05) is 18.2 Å². The predicted octanol–water partition coefficient (Wildman–Crippen LogP) is 3.50. The van der Waals surface area contributed by atoms with Crippen LogP contribution in [0.3, 0.4) is 0 Å². The first-order chi connectivity index (χ1) is 6.33. The van der Waals surface area contributed by atoms with Crippen molar-refractivity contribution in [3.05, 3.63) is 41.5 Å². The van der Waals surface area contributed by atoms with Gasteiger partial charge >= 0.3 is 0 Å². The normalized spacial score (nSPS) is 10.9. The predicted molar refractivity (Wildman–Crippen MR) is 58.2 cm³/mol. The first kappa shape index (κ1) is 9.61. The van der Waals surface area contributed by atoms with E-state index in [1.54, 1.807) is 0 Å². The van der Waals surface area contributed by atoms with E-state index in [-0.39, 0.29) is 0 Å². The molecule has 0 saturated carbocycles. The summed E-state index contributed by atoms with van der Waals surface area (Å²) in [5, 5.41) is 0. The summed E-state index contributed by atoms with van der Waals surface area (Å²) >= 11 is 0. The van der Waals surface area contributed by atoms with Crippen molar-refractivity contribution in [2.75, 3.05) is 0 Å². The molecule has 1 aromatic rings. The molecule has 0 aromatic heterocycles. The third-order valence-electron chi connectivity index (χ3n) is 1.88. The lowest BCUT2D eigenvalue weighted by molar-refractivity contribution is 1.01. The fourth-order valence-corrected chi connectivity index (χ4v) is 1.18. The molecule has 66 valence electrons. The second kappa shape index (κ2) is 5.22. The molecule has 0 radical (unpaired) electrons. The van der Waals surface area contributed by atoms with Crippen molar-refractivity contribution in [3.8, 4) is 12.3 Å². The van der Waals surface area contributed by atoms with Crippen LogP contribution < -0.4 is 0 Å². The Labute approximate surface area is 80.3 Å². The van der Waals surface area contributed by atoms with Gasteiger partial charge in [-0.2, -0.15) is 0 Å². The van der Waals surface area contributed by atoms with Crippen LogP contribution in [-0.2, 0) is 0 Å². The molecule has 0 bridgehead atoms. The fourth-order valence-electron chi connectivity index (χ4n) is 1.18. The molecule has 1 aromatic carbocycles. The summed E-state index contributed by atoms with van der Waals surface area (Å²) in [5.74, 6) is 2.64. The summed E-state index contributed by atoms with van der Waals surface area (Å²) in [5.41, 5.74) is 2.58. The minimum Gasteiger partial charge on any atom is -0.120 e. The highest BCUT2D eigenvalue weighted by molar-refractivity contribution is 5.51. The van der Waals surface area contributed by atoms with Crippen molar-refractivity contribution < 1.29 is 0 Å². The van der Waals surface area contributed by atoms with Crippen molar-refractivity contribution >= 4 is 6.08 Å². The van der Waals surface area contributed by atoms with Crippen LogP contribution in [0, 0.1) is 12.3 Å². The molecule has 0 atom stereocenters. The summed E-state index contributed by atoms with van der Waals surface area (Å²) in [4.78, 5) is 0. The van der Waals surface area contributed by atoms with Gasteiger partial charge in [0.05, 0.1) is 0 Å². The number of hydrogen-bond acceptors (Lipinski definition) is 0. The zero-order chi connectivity index (χ0) is 9.52. The highest BCUT2D eigenvalue weighted by Gasteiger charge is 1.89. The van der Waals surface area contributed by atoms with E-state index in [2.05, 4.69) is 31.1 Å². The van der Waals surface area contributed by atoms with Crippen molar-refractivity contribution in [2.45, 2.75) is 19.8 Å². The lowest BCUT2D eigenvalue weighted by Gasteiger charge is -1.97. The monoisotopic (exact) mass is 170 g/mol. The van der Waals surface area contributed by atoms with Crippen molar-refractivity contribution in [2.24, 2.45) is 0 Å². The van der Waals surface area contributed by atoms with Crippen LogP contribution in [0.1, 0.15) is 25.3 Å².